The molecule has 2 aromatic rings. The molecule has 0 amide bonds. The minimum absolute atomic E-state index is 0.181. The molecule has 1 aromatic heterocycles. The van der Waals surface area contributed by atoms with Crippen molar-refractivity contribution in [1.82, 2.24) is 9.36 Å². The van der Waals surface area contributed by atoms with Crippen molar-refractivity contribution in [2.24, 2.45) is 0 Å². The molecule has 1 unspecified atom stereocenters. The molecule has 0 spiro atoms. The van der Waals surface area contributed by atoms with Gasteiger partial charge in [0.25, 0.3) is 0 Å². The van der Waals surface area contributed by atoms with Gasteiger partial charge in [-0.2, -0.15) is 9.36 Å². The van der Waals surface area contributed by atoms with Crippen LogP contribution in [-0.4, -0.2) is 9.36 Å². The van der Waals surface area contributed by atoms with E-state index < -0.39 is 0 Å². The quantitative estimate of drug-likeness (QED) is 0.914. The molecule has 3 N–H and O–H groups in total. The van der Waals surface area contributed by atoms with E-state index in [-0.39, 0.29) is 6.04 Å². The Morgan fingerprint density at radius 2 is 2.06 bits per heavy atom. The second kappa shape index (κ2) is 4.80. The first kappa shape index (κ1) is 11.3. The Balaban J connectivity index is 2.08. The summed E-state index contributed by atoms with van der Waals surface area (Å²) in [6, 6.07) is 8.34. The summed E-state index contributed by atoms with van der Waals surface area (Å²) in [4.78, 5) is 4.06. The number of nitrogens with zero attached hydrogens (tertiary/aromatic N) is 2. The molecule has 0 saturated carbocycles. The molecule has 0 aliphatic carbocycles. The number of aromatic nitrogens is 2. The molecule has 1 atom stereocenters. The van der Waals surface area contributed by atoms with Crippen molar-refractivity contribution in [3.05, 3.63) is 34.3 Å². The first-order valence-electron chi connectivity index (χ1n) is 4.76. The number of rotatable bonds is 3. The summed E-state index contributed by atoms with van der Waals surface area (Å²) in [6.45, 7) is 2.07. The number of benzene rings is 1. The van der Waals surface area contributed by atoms with Crippen LogP contribution in [0.25, 0.3) is 0 Å². The van der Waals surface area contributed by atoms with Gasteiger partial charge in [-0.25, -0.2) is 0 Å². The third kappa shape index (κ3) is 2.70. The zero-order valence-corrected chi connectivity index (χ0v) is 11.0. The zero-order chi connectivity index (χ0) is 11.5. The molecule has 0 aliphatic heterocycles. The normalized spacial score (nSPS) is 12.4. The van der Waals surface area contributed by atoms with E-state index in [4.69, 9.17) is 5.73 Å². The minimum Gasteiger partial charge on any atom is -0.367 e. The van der Waals surface area contributed by atoms with Gasteiger partial charge in [0.05, 0.1) is 6.04 Å². The second-order valence-corrected chi connectivity index (χ2v) is 5.04. The maximum Gasteiger partial charge on any atom is 0.233 e. The molecule has 0 saturated heterocycles. The molecule has 6 heteroatoms. The van der Waals surface area contributed by atoms with Crippen LogP contribution >= 0.6 is 27.5 Å². The Morgan fingerprint density at radius 3 is 2.62 bits per heavy atom. The molecular weight excluding hydrogens is 288 g/mol. The lowest BCUT2D eigenvalue weighted by atomic mass is 10.1. The fourth-order valence-corrected chi connectivity index (χ4v) is 2.16. The highest BCUT2D eigenvalue weighted by Crippen LogP contribution is 2.22. The summed E-state index contributed by atoms with van der Waals surface area (Å²) in [5.74, 6) is 0.315. The van der Waals surface area contributed by atoms with Crippen LogP contribution in [0, 0.1) is 0 Å². The topological polar surface area (TPSA) is 63.8 Å². The average Bonchev–Trinajstić information content (AvgIpc) is 2.65. The van der Waals surface area contributed by atoms with Gasteiger partial charge >= 0.3 is 0 Å². The molecule has 0 bridgehead atoms. The van der Waals surface area contributed by atoms with E-state index in [1.165, 1.54) is 17.1 Å². The van der Waals surface area contributed by atoms with E-state index >= 15 is 0 Å². The molecule has 1 aromatic carbocycles. The summed E-state index contributed by atoms with van der Waals surface area (Å²) in [5, 5.41) is 3.99. The average molecular weight is 299 g/mol. The van der Waals surface area contributed by atoms with E-state index in [2.05, 4.69) is 49.7 Å². The third-order valence-electron chi connectivity index (χ3n) is 2.15. The third-order valence-corrected chi connectivity index (χ3v) is 3.34. The number of hydrogen-bond donors (Lipinski definition) is 2. The number of nitrogens with one attached hydrogen (secondary N) is 1. The Labute approximate surface area is 106 Å². The summed E-state index contributed by atoms with van der Waals surface area (Å²) >= 11 is 4.68. The van der Waals surface area contributed by atoms with Gasteiger partial charge in [-0.15, -0.1) is 0 Å². The number of hydrogen-bond acceptors (Lipinski definition) is 5. The SMILES string of the molecule is CC(Nc1nc(N)ns1)c1ccc(Br)cc1. The Bertz CT molecular complexity index is 468. The molecule has 84 valence electrons. The highest BCUT2D eigenvalue weighted by atomic mass is 79.9. The predicted octanol–water partition coefficient (Wildman–Crippen LogP) is 3.06. The maximum absolute atomic E-state index is 5.45. The van der Waals surface area contributed by atoms with Crippen molar-refractivity contribution in [3.63, 3.8) is 0 Å². The van der Waals surface area contributed by atoms with Crippen LogP contribution in [0.2, 0.25) is 0 Å². The molecule has 0 radical (unpaired) electrons. The van der Waals surface area contributed by atoms with Crippen molar-refractivity contribution in [2.45, 2.75) is 13.0 Å². The van der Waals surface area contributed by atoms with Gasteiger partial charge in [0, 0.05) is 16.0 Å². The van der Waals surface area contributed by atoms with Gasteiger partial charge in [-0.1, -0.05) is 28.1 Å². The zero-order valence-electron chi connectivity index (χ0n) is 8.64. The van der Waals surface area contributed by atoms with Crippen LogP contribution in [0.15, 0.2) is 28.7 Å². The summed E-state index contributed by atoms with van der Waals surface area (Å²) in [6.07, 6.45) is 0. The smallest absolute Gasteiger partial charge is 0.233 e. The Morgan fingerprint density at radius 1 is 1.38 bits per heavy atom. The van der Waals surface area contributed by atoms with E-state index in [1.807, 2.05) is 12.1 Å². The van der Waals surface area contributed by atoms with Crippen LogP contribution in [0.5, 0.6) is 0 Å². The van der Waals surface area contributed by atoms with Gasteiger partial charge in [-0.3, -0.25) is 0 Å². The number of halogens is 1. The van der Waals surface area contributed by atoms with Crippen molar-refractivity contribution in [1.29, 1.82) is 0 Å². The highest BCUT2D eigenvalue weighted by Gasteiger charge is 2.07. The van der Waals surface area contributed by atoms with Crippen LogP contribution in [0.3, 0.4) is 0 Å². The van der Waals surface area contributed by atoms with Gasteiger partial charge in [0.15, 0.2) is 0 Å². The van der Waals surface area contributed by atoms with Crippen LogP contribution in [0.1, 0.15) is 18.5 Å². The molecule has 1 heterocycles. The highest BCUT2D eigenvalue weighted by molar-refractivity contribution is 9.10. The standard InChI is InChI=1S/C10H11BrN4S/c1-6(7-2-4-8(11)5-3-7)13-10-14-9(12)15-16-10/h2-6H,1H3,(H3,12,13,14,15). The Kier molecular flexibility index (Phi) is 3.40. The fourth-order valence-electron chi connectivity index (χ4n) is 1.31. The maximum atomic E-state index is 5.45. The van der Waals surface area contributed by atoms with E-state index in [9.17, 15) is 0 Å². The van der Waals surface area contributed by atoms with Crippen LogP contribution < -0.4 is 11.1 Å². The van der Waals surface area contributed by atoms with Crippen molar-refractivity contribution in [3.8, 4) is 0 Å². The van der Waals surface area contributed by atoms with E-state index in [0.29, 0.717) is 5.95 Å². The fraction of sp³-hybridized carbons (Fsp3) is 0.200. The van der Waals surface area contributed by atoms with Crippen molar-refractivity contribution >= 4 is 38.5 Å². The van der Waals surface area contributed by atoms with Crippen LogP contribution in [0.4, 0.5) is 11.1 Å². The summed E-state index contributed by atoms with van der Waals surface area (Å²) in [5.41, 5.74) is 6.65. The Hall–Kier alpha value is -1.14. The number of anilines is 2. The second-order valence-electron chi connectivity index (χ2n) is 3.38. The largest absolute Gasteiger partial charge is 0.367 e. The van der Waals surface area contributed by atoms with Gasteiger partial charge in [0.2, 0.25) is 11.1 Å². The van der Waals surface area contributed by atoms with E-state index in [1.54, 1.807) is 0 Å². The molecule has 0 aliphatic rings. The summed E-state index contributed by atoms with van der Waals surface area (Å²) < 4.78 is 4.99. The molecular formula is C10H11BrN4S. The predicted molar refractivity (Wildman–Crippen MR) is 70.5 cm³/mol. The van der Waals surface area contributed by atoms with Crippen molar-refractivity contribution in [2.75, 3.05) is 11.1 Å². The first-order valence-corrected chi connectivity index (χ1v) is 6.33. The molecule has 4 nitrogen and oxygen atoms in total. The molecule has 16 heavy (non-hydrogen) atoms. The monoisotopic (exact) mass is 298 g/mol. The lowest BCUT2D eigenvalue weighted by Gasteiger charge is -2.12. The minimum atomic E-state index is 0.181. The number of nitrogen functional groups attached to an aromatic ring is 1. The van der Waals surface area contributed by atoms with Gasteiger partial charge in [0.1, 0.15) is 0 Å². The lowest BCUT2D eigenvalue weighted by Crippen LogP contribution is -2.06. The van der Waals surface area contributed by atoms with Gasteiger partial charge < -0.3 is 11.1 Å². The molecule has 0 fully saturated rings. The number of nitrogens with two attached hydrogens (primary N) is 1. The lowest BCUT2D eigenvalue weighted by molar-refractivity contribution is 0.881. The van der Waals surface area contributed by atoms with Crippen molar-refractivity contribution < 1.29 is 0 Å². The van der Waals surface area contributed by atoms with Crippen LogP contribution in [-0.2, 0) is 0 Å². The summed E-state index contributed by atoms with van der Waals surface area (Å²) in [7, 11) is 0. The van der Waals surface area contributed by atoms with Gasteiger partial charge in [-0.05, 0) is 24.6 Å². The van der Waals surface area contributed by atoms with E-state index in [0.717, 1.165) is 9.60 Å². The first-order chi connectivity index (χ1) is 7.65. The molecule has 2 rings (SSSR count).